The van der Waals surface area contributed by atoms with Crippen LogP contribution in [0.3, 0.4) is 0 Å². The standard InChI is InChI=1S/C33H29N5O3S.C28H28N6.C26H23N5O/c1-21-7-12-27(13-8-21)42(39,40)41-19-22-15-26(16-22)38-18-28(31-32(34)35-20-36-33(31)38)25-10-9-24-11-14-29(37-30(24)17-25)23-5-3-2-4-6-23;1-33(2)15-18-12-22(13-18)34-16-23(26-27(29)30-17-31-28(26)34)21-9-8-20-10-11-24(32-25(20)14-21)19-6-4-3-5-7-19;27-25-24-21(13-31(26(24)29-15-28-25)20-10-16(11-20)14-32)19-7-6-18-8-9-22(30-23(18)12-19)17-4-2-1-3-5-17/h2-14,17-18,20,22,26H,15-16,19H2,1H3,(H2,34,35,36);3-11,14,16-18,22H,12-13,15H2,1-2H3,(H2,29,30,31);1-9,12-13,15-16,20,32H,10-11,14H2,(H2,27,28,29). The summed E-state index contributed by atoms with van der Waals surface area (Å²) in [5, 5.41) is 15.3. The molecule has 0 atom stereocenters. The molecule has 3 fully saturated rings. The minimum Gasteiger partial charge on any atom is -0.396 e. The molecule has 9 heterocycles. The van der Waals surface area contributed by atoms with Gasteiger partial charge in [0.05, 0.1) is 61.3 Å². The predicted octanol–water partition coefficient (Wildman–Crippen LogP) is 16.8. The normalized spacial score (nSPS) is 17.6. The molecule has 16 aromatic rings. The molecule has 3 saturated carbocycles. The molecular weight excluding hydrogens is 1370 g/mol. The van der Waals surface area contributed by atoms with E-state index >= 15 is 0 Å². The van der Waals surface area contributed by atoms with Gasteiger partial charge in [-0.15, -0.1) is 0 Å². The van der Waals surface area contributed by atoms with Gasteiger partial charge in [-0.1, -0.05) is 163 Å². The van der Waals surface area contributed by atoms with Crippen LogP contribution in [0.5, 0.6) is 0 Å². The number of aliphatic hydroxyl groups is 1. The van der Waals surface area contributed by atoms with Crippen LogP contribution in [0.4, 0.5) is 17.5 Å². The summed E-state index contributed by atoms with van der Waals surface area (Å²) in [6.07, 6.45) is 16.8. The molecule has 9 aromatic heterocycles. The first-order valence-electron chi connectivity index (χ1n) is 36.6. The zero-order valence-corrected chi connectivity index (χ0v) is 60.9. The SMILES string of the molecule is CN(C)CC1CC(n2cc(-c3ccc4ccc(-c5ccccc5)nc4c3)c3c(N)ncnc32)C1.Cc1ccc(S(=O)(=O)OCC2CC(n3cc(-c4ccc5ccc(-c6ccccc6)nc5c4)c4c(N)ncnc43)C2)cc1.Nc1ncnc2c1c(-c1ccc3ccc(-c4ccccc4)nc3c1)cn2C1CC(CO)C1. The van der Waals surface area contributed by atoms with Crippen LogP contribution >= 0.6 is 0 Å². The van der Waals surface area contributed by atoms with E-state index in [1.165, 1.54) is 12.7 Å². The fraction of sp³-hybridized carbons (Fsp3) is 0.207. The summed E-state index contributed by atoms with van der Waals surface area (Å²) in [5.41, 5.74) is 37.6. The lowest BCUT2D eigenvalue weighted by molar-refractivity contribution is 0.114. The summed E-state index contributed by atoms with van der Waals surface area (Å²) in [4.78, 5) is 43.9. The second-order valence-corrected chi connectivity index (χ2v) is 30.7. The summed E-state index contributed by atoms with van der Waals surface area (Å²) in [7, 11) is 0.489. The van der Waals surface area contributed by atoms with E-state index in [0.29, 0.717) is 35.5 Å². The van der Waals surface area contributed by atoms with Crippen molar-refractivity contribution in [3.63, 3.8) is 0 Å². The van der Waals surface area contributed by atoms with E-state index in [4.69, 9.17) is 36.3 Å². The van der Waals surface area contributed by atoms with Crippen LogP contribution in [0.2, 0.25) is 0 Å². The van der Waals surface area contributed by atoms with Crippen LogP contribution in [0.1, 0.15) is 62.2 Å². The third kappa shape index (κ3) is 13.6. The van der Waals surface area contributed by atoms with Crippen molar-refractivity contribution in [2.75, 3.05) is 51.1 Å². The molecule has 0 aliphatic heterocycles. The third-order valence-corrected chi connectivity index (χ3v) is 22.9. The molecule has 538 valence electrons. The van der Waals surface area contributed by atoms with Gasteiger partial charge in [-0.05, 0) is 143 Å². The molecule has 0 saturated heterocycles. The van der Waals surface area contributed by atoms with E-state index < -0.39 is 10.1 Å². The van der Waals surface area contributed by atoms with Crippen molar-refractivity contribution >= 4 is 93.4 Å². The van der Waals surface area contributed by atoms with E-state index in [9.17, 15) is 13.5 Å². The molecule has 20 nitrogen and oxygen atoms in total. The first-order chi connectivity index (χ1) is 52.6. The van der Waals surface area contributed by atoms with Crippen LogP contribution in [-0.2, 0) is 14.3 Å². The second kappa shape index (κ2) is 29.0. The second-order valence-electron chi connectivity index (χ2n) is 29.1. The quantitative estimate of drug-likeness (QED) is 0.0654. The maximum Gasteiger partial charge on any atom is 0.296 e. The Hall–Kier alpha value is -12.1. The molecule has 19 rings (SSSR count). The Morgan fingerprint density at radius 3 is 1.12 bits per heavy atom. The summed E-state index contributed by atoms with van der Waals surface area (Å²) in [6.45, 7) is 3.43. The van der Waals surface area contributed by atoms with E-state index in [-0.39, 0.29) is 30.1 Å². The Morgan fingerprint density at radius 1 is 0.426 bits per heavy atom. The smallest absolute Gasteiger partial charge is 0.296 e. The highest BCUT2D eigenvalue weighted by atomic mass is 32.2. The predicted molar refractivity (Wildman–Crippen MR) is 430 cm³/mol. The number of pyridine rings is 3. The fourth-order valence-electron chi connectivity index (χ4n) is 15.7. The number of nitrogens with zero attached hydrogens (tertiary/aromatic N) is 13. The number of nitrogens with two attached hydrogens (primary N) is 3. The van der Waals surface area contributed by atoms with E-state index in [1.807, 2.05) is 67.6 Å². The zero-order valence-electron chi connectivity index (χ0n) is 60.0. The lowest BCUT2D eigenvalue weighted by Gasteiger charge is -2.38. The molecule has 0 spiro atoms. The van der Waals surface area contributed by atoms with Gasteiger partial charge in [-0.25, -0.2) is 44.9 Å². The minimum absolute atomic E-state index is 0.122. The van der Waals surface area contributed by atoms with E-state index in [1.54, 1.807) is 30.6 Å². The van der Waals surface area contributed by atoms with Crippen LogP contribution in [0.25, 0.3) is 133 Å². The molecule has 21 heteroatoms. The maximum absolute atomic E-state index is 12.6. The molecule has 108 heavy (non-hydrogen) atoms. The molecule has 0 bridgehead atoms. The molecule has 0 unspecified atom stereocenters. The van der Waals surface area contributed by atoms with Crippen LogP contribution < -0.4 is 17.2 Å². The Kier molecular flexibility index (Phi) is 18.5. The summed E-state index contributed by atoms with van der Waals surface area (Å²) in [6, 6.07) is 69.7. The van der Waals surface area contributed by atoms with Gasteiger partial charge in [0.1, 0.15) is 53.4 Å². The number of fused-ring (bicyclic) bond motifs is 6. The van der Waals surface area contributed by atoms with Crippen molar-refractivity contribution in [3.05, 3.63) is 249 Å². The number of aryl methyl sites for hydroxylation is 1. The fourth-order valence-corrected chi connectivity index (χ4v) is 16.6. The van der Waals surface area contributed by atoms with Gasteiger partial charge >= 0.3 is 0 Å². The average Bonchev–Trinajstić information content (AvgIpc) is 1.60. The van der Waals surface area contributed by atoms with Crippen molar-refractivity contribution in [1.82, 2.24) is 63.5 Å². The van der Waals surface area contributed by atoms with Gasteiger partial charge in [0.25, 0.3) is 10.1 Å². The highest BCUT2D eigenvalue weighted by molar-refractivity contribution is 7.86. The number of anilines is 3. The van der Waals surface area contributed by atoms with Crippen LogP contribution in [-0.4, -0.2) is 111 Å². The summed E-state index contributed by atoms with van der Waals surface area (Å²) >= 11 is 0. The van der Waals surface area contributed by atoms with Crippen LogP contribution in [0, 0.1) is 24.7 Å². The first kappa shape index (κ1) is 68.9. The monoisotopic (exact) mass is 1440 g/mol. The summed E-state index contributed by atoms with van der Waals surface area (Å²) < 4.78 is 37.4. The average molecular weight is 1450 g/mol. The Labute approximate surface area is 624 Å². The van der Waals surface area contributed by atoms with Gasteiger partial charge in [0.15, 0.2) is 0 Å². The number of benzene rings is 7. The number of aromatic nitrogens is 12. The number of hydrogen-bond donors (Lipinski definition) is 4. The largest absolute Gasteiger partial charge is 0.396 e. The number of hydrogen-bond acceptors (Lipinski definition) is 17. The number of nitrogen functional groups attached to an aromatic ring is 3. The molecule has 3 aliphatic rings. The zero-order chi connectivity index (χ0) is 73.7. The van der Waals surface area contributed by atoms with Crippen molar-refractivity contribution < 1.29 is 17.7 Å². The molecule has 0 radical (unpaired) electrons. The van der Waals surface area contributed by atoms with Crippen molar-refractivity contribution in [2.45, 2.75) is 68.5 Å². The minimum atomic E-state index is -3.79. The lowest BCUT2D eigenvalue weighted by Crippen LogP contribution is -2.33. The third-order valence-electron chi connectivity index (χ3n) is 21.6. The molecule has 0 amide bonds. The van der Waals surface area contributed by atoms with Crippen LogP contribution in [0.15, 0.2) is 249 Å². The van der Waals surface area contributed by atoms with E-state index in [0.717, 1.165) is 190 Å². The summed E-state index contributed by atoms with van der Waals surface area (Å²) in [5.74, 6) is 2.63. The topological polar surface area (TPSA) is 276 Å². The highest BCUT2D eigenvalue weighted by Crippen LogP contribution is 2.47. The van der Waals surface area contributed by atoms with Gasteiger partial charge < -0.3 is 40.9 Å². The van der Waals surface area contributed by atoms with E-state index in [2.05, 4.69) is 203 Å². The van der Waals surface area contributed by atoms with Gasteiger partial charge in [-0.3, -0.25) is 4.18 Å². The lowest BCUT2D eigenvalue weighted by atomic mass is 9.80. The number of aliphatic hydroxyl groups excluding tert-OH is 1. The molecular formula is C87H80N16O4S. The van der Waals surface area contributed by atoms with Gasteiger partial charge in [0.2, 0.25) is 0 Å². The Bertz CT molecular complexity index is 6140. The maximum atomic E-state index is 12.6. The first-order valence-corrected chi connectivity index (χ1v) is 38.0. The molecule has 7 N–H and O–H groups in total. The molecule has 7 aromatic carbocycles. The van der Waals surface area contributed by atoms with Crippen molar-refractivity contribution in [2.24, 2.45) is 17.8 Å². The molecule has 3 aliphatic carbocycles. The van der Waals surface area contributed by atoms with Crippen molar-refractivity contribution in [1.29, 1.82) is 0 Å². The van der Waals surface area contributed by atoms with Gasteiger partial charge in [-0.2, -0.15) is 8.42 Å². The Morgan fingerprint density at radius 2 is 0.769 bits per heavy atom. The highest BCUT2D eigenvalue weighted by Gasteiger charge is 2.36. The Balaban J connectivity index is 0.000000120. The van der Waals surface area contributed by atoms with Gasteiger partial charge in [0, 0.05) is 99.4 Å². The van der Waals surface area contributed by atoms with Crippen molar-refractivity contribution in [3.8, 4) is 67.2 Å². The number of rotatable bonds is 16.